The summed E-state index contributed by atoms with van der Waals surface area (Å²) in [5.41, 5.74) is 4.64. The third kappa shape index (κ3) is 3.41. The summed E-state index contributed by atoms with van der Waals surface area (Å²) in [6, 6.07) is 0. The van der Waals surface area contributed by atoms with Crippen LogP contribution in [0.3, 0.4) is 0 Å². The molecule has 0 spiro atoms. The molecular formula is C32H48O4. The first-order valence-electron chi connectivity index (χ1n) is 14.4. The molecule has 1 aliphatic heterocycles. The van der Waals surface area contributed by atoms with Gasteiger partial charge in [0.15, 0.2) is 0 Å². The predicted molar refractivity (Wildman–Crippen MR) is 142 cm³/mol. The van der Waals surface area contributed by atoms with Crippen LogP contribution < -0.4 is 0 Å². The molecule has 0 aromatic rings. The van der Waals surface area contributed by atoms with Gasteiger partial charge in [0.05, 0.1) is 6.10 Å². The summed E-state index contributed by atoms with van der Waals surface area (Å²) in [6.07, 6.45) is 9.15. The maximum Gasteiger partial charge on any atom is 0.303 e. The Morgan fingerprint density at radius 2 is 1.69 bits per heavy atom. The first-order chi connectivity index (χ1) is 16.7. The Kier molecular flexibility index (Phi) is 6.03. The lowest BCUT2D eigenvalue weighted by atomic mass is 9.43. The molecule has 4 heteroatoms. The summed E-state index contributed by atoms with van der Waals surface area (Å²) in [6.45, 7) is 19.9. The molecule has 0 N–H and O–H groups in total. The lowest BCUT2D eigenvalue weighted by Crippen LogP contribution is -2.56. The Labute approximate surface area is 218 Å². The Bertz CT molecular complexity index is 1030. The second-order valence-electron chi connectivity index (χ2n) is 14.4. The van der Waals surface area contributed by atoms with Crippen molar-refractivity contribution in [1.82, 2.24) is 0 Å². The van der Waals surface area contributed by atoms with Gasteiger partial charge in [-0.25, -0.2) is 0 Å². The fraction of sp³-hybridized carbons (Fsp3) is 0.812. The van der Waals surface area contributed by atoms with E-state index in [1.165, 1.54) is 12.5 Å². The summed E-state index contributed by atoms with van der Waals surface area (Å²) in [5.74, 6) is 1.27. The highest BCUT2D eigenvalue weighted by Gasteiger charge is 2.68. The molecule has 0 aromatic carbocycles. The van der Waals surface area contributed by atoms with Gasteiger partial charge in [0.2, 0.25) is 0 Å². The number of allylic oxidation sites excluding steroid dienone is 3. The van der Waals surface area contributed by atoms with Gasteiger partial charge < -0.3 is 9.47 Å². The third-order valence-corrected chi connectivity index (χ3v) is 12.1. The lowest BCUT2D eigenvalue weighted by molar-refractivity contribution is -0.191. The van der Waals surface area contributed by atoms with E-state index < -0.39 is 0 Å². The number of Topliss-reactive ketones (excluding diaryl/α,β-unsaturated/α-hetero) is 1. The molecule has 0 aromatic heterocycles. The molecule has 9 unspecified atom stereocenters. The number of esters is 1. The van der Waals surface area contributed by atoms with E-state index in [9.17, 15) is 9.59 Å². The minimum absolute atomic E-state index is 0.0738. The van der Waals surface area contributed by atoms with E-state index in [1.807, 2.05) is 0 Å². The highest BCUT2D eigenvalue weighted by molar-refractivity contribution is 5.85. The van der Waals surface area contributed by atoms with Crippen LogP contribution in [0.2, 0.25) is 0 Å². The first-order valence-corrected chi connectivity index (χ1v) is 14.4. The van der Waals surface area contributed by atoms with Crippen molar-refractivity contribution >= 4 is 11.8 Å². The number of fused-ring (bicyclic) bond motifs is 6. The molecule has 2 saturated carbocycles. The summed E-state index contributed by atoms with van der Waals surface area (Å²) in [7, 11) is 0. The van der Waals surface area contributed by atoms with Gasteiger partial charge in [-0.3, -0.25) is 9.59 Å². The second kappa shape index (κ2) is 8.29. The van der Waals surface area contributed by atoms with E-state index >= 15 is 0 Å². The van der Waals surface area contributed by atoms with Gasteiger partial charge in [0, 0.05) is 24.7 Å². The molecule has 5 aliphatic rings. The van der Waals surface area contributed by atoms with Gasteiger partial charge in [-0.1, -0.05) is 64.3 Å². The molecule has 4 aliphatic carbocycles. The van der Waals surface area contributed by atoms with E-state index in [-0.39, 0.29) is 51.9 Å². The van der Waals surface area contributed by atoms with Gasteiger partial charge in [-0.05, 0) is 80.5 Å². The zero-order valence-electron chi connectivity index (χ0n) is 24.1. The fourth-order valence-electron chi connectivity index (χ4n) is 10.2. The van der Waals surface area contributed by atoms with Crippen LogP contribution in [0.5, 0.6) is 0 Å². The minimum Gasteiger partial charge on any atom is -0.459 e. The van der Waals surface area contributed by atoms with Crippen molar-refractivity contribution in [3.8, 4) is 0 Å². The first kappa shape index (κ1) is 26.2. The minimum atomic E-state index is -0.244. The monoisotopic (exact) mass is 496 g/mol. The number of ether oxygens (including phenoxy) is 2. The highest BCUT2D eigenvalue weighted by Crippen LogP contribution is 2.73. The quantitative estimate of drug-likeness (QED) is 0.299. The predicted octanol–water partition coefficient (Wildman–Crippen LogP) is 7.22. The number of ketones is 1. The summed E-state index contributed by atoms with van der Waals surface area (Å²) in [5, 5.41) is 0. The molecule has 200 valence electrons. The van der Waals surface area contributed by atoms with Crippen molar-refractivity contribution in [3.63, 3.8) is 0 Å². The Hall–Kier alpha value is -1.42. The molecule has 4 nitrogen and oxygen atoms in total. The fourth-order valence-corrected chi connectivity index (χ4v) is 10.2. The molecular weight excluding hydrogens is 448 g/mol. The highest BCUT2D eigenvalue weighted by atomic mass is 16.6. The van der Waals surface area contributed by atoms with E-state index in [0.29, 0.717) is 24.0 Å². The number of rotatable bonds is 2. The van der Waals surface area contributed by atoms with E-state index in [0.717, 1.165) is 38.5 Å². The second-order valence-corrected chi connectivity index (χ2v) is 14.4. The van der Waals surface area contributed by atoms with Gasteiger partial charge in [0.1, 0.15) is 18.0 Å². The zero-order chi connectivity index (χ0) is 26.4. The molecule has 3 fully saturated rings. The van der Waals surface area contributed by atoms with Crippen LogP contribution >= 0.6 is 0 Å². The Morgan fingerprint density at radius 1 is 1.00 bits per heavy atom. The van der Waals surface area contributed by atoms with Crippen molar-refractivity contribution in [2.24, 2.45) is 39.4 Å². The lowest BCUT2D eigenvalue weighted by Gasteiger charge is -2.61. The largest absolute Gasteiger partial charge is 0.459 e. The van der Waals surface area contributed by atoms with Gasteiger partial charge in [-0.2, -0.15) is 0 Å². The third-order valence-electron chi connectivity index (χ3n) is 12.1. The van der Waals surface area contributed by atoms with Crippen LogP contribution in [0, 0.1) is 39.4 Å². The van der Waals surface area contributed by atoms with Crippen molar-refractivity contribution in [2.45, 2.75) is 126 Å². The van der Waals surface area contributed by atoms with E-state index in [2.05, 4.69) is 61.5 Å². The average molecular weight is 497 g/mol. The molecule has 0 amide bonds. The summed E-state index contributed by atoms with van der Waals surface area (Å²) >= 11 is 0. The van der Waals surface area contributed by atoms with E-state index in [4.69, 9.17) is 9.47 Å². The van der Waals surface area contributed by atoms with Crippen molar-refractivity contribution in [2.75, 3.05) is 0 Å². The molecule has 1 saturated heterocycles. The Balaban J connectivity index is 1.56. The molecule has 5 rings (SSSR count). The van der Waals surface area contributed by atoms with Crippen molar-refractivity contribution in [3.05, 3.63) is 22.8 Å². The van der Waals surface area contributed by atoms with Gasteiger partial charge in [-0.15, -0.1) is 0 Å². The molecule has 9 atom stereocenters. The number of carbonyl (C=O) groups is 2. The van der Waals surface area contributed by atoms with Crippen molar-refractivity contribution < 1.29 is 19.1 Å². The topological polar surface area (TPSA) is 52.6 Å². The van der Waals surface area contributed by atoms with Crippen LogP contribution in [-0.2, 0) is 19.1 Å². The van der Waals surface area contributed by atoms with Gasteiger partial charge in [0.25, 0.3) is 0 Å². The maximum atomic E-state index is 12.9. The summed E-state index contributed by atoms with van der Waals surface area (Å²) in [4.78, 5) is 25.0. The smallest absolute Gasteiger partial charge is 0.303 e. The normalized spacial score (nSPS) is 47.3. The van der Waals surface area contributed by atoms with Crippen LogP contribution in [0.4, 0.5) is 0 Å². The summed E-state index contributed by atoms with van der Waals surface area (Å²) < 4.78 is 12.8. The zero-order valence-corrected chi connectivity index (χ0v) is 24.1. The van der Waals surface area contributed by atoms with Gasteiger partial charge >= 0.3 is 5.97 Å². The SMILES string of the molecule is CC(=O)OC1C(C=C(C)C)OC2CC3(C)C4=C(CCC3(C)C2C1C)C1(C)CCC(=O)C(C)(C)C1CC4. The molecule has 0 radical (unpaired) electrons. The Morgan fingerprint density at radius 3 is 2.33 bits per heavy atom. The maximum absolute atomic E-state index is 12.9. The number of carbonyl (C=O) groups excluding carboxylic acids is 2. The molecule has 1 heterocycles. The van der Waals surface area contributed by atoms with Crippen LogP contribution in [0.25, 0.3) is 0 Å². The van der Waals surface area contributed by atoms with Crippen LogP contribution in [-0.4, -0.2) is 30.1 Å². The standard InChI is InChI=1S/C32H48O4/c1-18(2)16-23-28(35-20(4)33)19(3)27-24(36-23)17-32(9)22-10-11-25-29(5,6)26(34)13-14-30(25,7)21(22)12-15-31(27,32)8/h16,19,23-25,27-28H,10-15,17H2,1-9H3. The average Bonchev–Trinajstić information content (AvgIpc) is 3.00. The molecule has 36 heavy (non-hydrogen) atoms. The van der Waals surface area contributed by atoms with E-state index in [1.54, 1.807) is 11.1 Å². The number of hydrogen-bond acceptors (Lipinski definition) is 4. The van der Waals surface area contributed by atoms with Crippen LogP contribution in [0.1, 0.15) is 107 Å². The van der Waals surface area contributed by atoms with Crippen molar-refractivity contribution in [1.29, 1.82) is 0 Å². The van der Waals surface area contributed by atoms with Crippen LogP contribution in [0.15, 0.2) is 22.8 Å². The number of hydrogen-bond donors (Lipinski definition) is 0. The molecule has 0 bridgehead atoms.